The third-order valence-corrected chi connectivity index (χ3v) is 7.49. The van der Waals surface area contributed by atoms with Crippen LogP contribution >= 0.6 is 0 Å². The fraction of sp³-hybridized carbons (Fsp3) is 0.179. The molecule has 0 spiro atoms. The van der Waals surface area contributed by atoms with Crippen LogP contribution in [0, 0.1) is 13.8 Å². The standard InChI is InChI=1S/C28H26N4O4S/c1-18-8-6-9-19(2)26(18)24-16-25-31-28(30-24)32-37(34,35)23-13-7-12-21(15-23)27(33)29-22(17-36-25)14-20-10-4-3-5-11-20/h3-13,15-16,22H,14,17H2,1-2H3,(H,29,33)(H,30,31,32)/t22-/m1/s1. The van der Waals surface area contributed by atoms with Crippen molar-refractivity contribution in [1.29, 1.82) is 0 Å². The van der Waals surface area contributed by atoms with E-state index in [1.54, 1.807) is 12.1 Å². The van der Waals surface area contributed by atoms with Crippen molar-refractivity contribution in [2.45, 2.75) is 31.2 Å². The summed E-state index contributed by atoms with van der Waals surface area (Å²) in [5.41, 5.74) is 4.63. The summed E-state index contributed by atoms with van der Waals surface area (Å²) in [5.74, 6) is -0.308. The lowest BCUT2D eigenvalue weighted by Crippen LogP contribution is -2.40. The second-order valence-electron chi connectivity index (χ2n) is 8.99. The van der Waals surface area contributed by atoms with Gasteiger partial charge in [-0.3, -0.25) is 4.79 Å². The largest absolute Gasteiger partial charge is 0.475 e. The number of carbonyl (C=O) groups excluding carboxylic acids is 1. The number of amides is 1. The van der Waals surface area contributed by atoms with E-state index < -0.39 is 22.0 Å². The molecule has 2 heterocycles. The van der Waals surface area contributed by atoms with E-state index in [9.17, 15) is 13.2 Å². The Balaban J connectivity index is 1.61. The lowest BCUT2D eigenvalue weighted by Gasteiger charge is -2.20. The molecule has 0 saturated heterocycles. The maximum atomic E-state index is 13.2. The molecule has 1 aromatic heterocycles. The van der Waals surface area contributed by atoms with E-state index in [4.69, 9.17) is 4.74 Å². The summed E-state index contributed by atoms with van der Waals surface area (Å²) in [7, 11) is -4.07. The number of fused-ring (bicyclic) bond motifs is 4. The van der Waals surface area contributed by atoms with E-state index in [0.717, 1.165) is 22.3 Å². The minimum atomic E-state index is -4.07. The van der Waals surface area contributed by atoms with Crippen LogP contribution in [0.4, 0.5) is 5.95 Å². The number of carbonyl (C=O) groups is 1. The van der Waals surface area contributed by atoms with Crippen LogP contribution in [-0.4, -0.2) is 36.9 Å². The molecular weight excluding hydrogens is 488 g/mol. The van der Waals surface area contributed by atoms with Gasteiger partial charge in [-0.2, -0.15) is 4.98 Å². The number of hydrogen-bond donors (Lipinski definition) is 2. The van der Waals surface area contributed by atoms with Gasteiger partial charge in [-0.05, 0) is 55.2 Å². The highest BCUT2D eigenvalue weighted by atomic mass is 32.2. The van der Waals surface area contributed by atoms with Crippen molar-refractivity contribution in [1.82, 2.24) is 15.3 Å². The number of anilines is 1. The van der Waals surface area contributed by atoms with Crippen LogP contribution in [-0.2, 0) is 16.4 Å². The quantitative estimate of drug-likeness (QED) is 0.422. The van der Waals surface area contributed by atoms with E-state index in [-0.39, 0.29) is 28.9 Å². The van der Waals surface area contributed by atoms with E-state index in [1.807, 2.05) is 62.4 Å². The number of aryl methyl sites for hydroxylation is 2. The molecule has 2 N–H and O–H groups in total. The molecule has 4 bridgehead atoms. The first-order valence-electron chi connectivity index (χ1n) is 11.8. The van der Waals surface area contributed by atoms with Crippen molar-refractivity contribution in [2.24, 2.45) is 0 Å². The van der Waals surface area contributed by atoms with E-state index in [1.165, 1.54) is 18.2 Å². The average molecular weight is 515 g/mol. The topological polar surface area (TPSA) is 110 Å². The molecule has 4 aromatic rings. The number of aromatic nitrogens is 2. The molecule has 1 atom stereocenters. The Labute approximate surface area is 215 Å². The summed E-state index contributed by atoms with van der Waals surface area (Å²) in [5, 5.41) is 2.99. The highest BCUT2D eigenvalue weighted by Gasteiger charge is 2.23. The number of ether oxygens (including phenoxy) is 1. The number of hydrogen-bond acceptors (Lipinski definition) is 6. The predicted molar refractivity (Wildman–Crippen MR) is 141 cm³/mol. The highest BCUT2D eigenvalue weighted by Crippen LogP contribution is 2.29. The first kappa shape index (κ1) is 24.5. The summed E-state index contributed by atoms with van der Waals surface area (Å²) >= 11 is 0. The lowest BCUT2D eigenvalue weighted by atomic mass is 10.00. The minimum absolute atomic E-state index is 0.0671. The van der Waals surface area contributed by atoms with Gasteiger partial charge in [0.05, 0.1) is 16.6 Å². The molecule has 0 saturated carbocycles. The van der Waals surface area contributed by atoms with Crippen LogP contribution in [0.25, 0.3) is 11.3 Å². The Hall–Kier alpha value is -4.24. The first-order valence-corrected chi connectivity index (χ1v) is 13.3. The van der Waals surface area contributed by atoms with Gasteiger partial charge in [-0.15, -0.1) is 0 Å². The van der Waals surface area contributed by atoms with Crippen molar-refractivity contribution < 1.29 is 17.9 Å². The van der Waals surface area contributed by atoms with Crippen molar-refractivity contribution in [3.8, 4) is 17.1 Å². The fourth-order valence-electron chi connectivity index (χ4n) is 4.38. The van der Waals surface area contributed by atoms with Gasteiger partial charge in [0, 0.05) is 17.2 Å². The van der Waals surface area contributed by atoms with E-state index in [0.29, 0.717) is 12.1 Å². The Morgan fingerprint density at radius 2 is 1.65 bits per heavy atom. The van der Waals surface area contributed by atoms with Crippen LogP contribution in [0.2, 0.25) is 0 Å². The summed E-state index contributed by atoms with van der Waals surface area (Å²) in [4.78, 5) is 21.9. The van der Waals surface area contributed by atoms with Crippen LogP contribution < -0.4 is 14.8 Å². The molecule has 9 heteroatoms. The predicted octanol–water partition coefficient (Wildman–Crippen LogP) is 4.29. The molecular formula is C28H26N4O4S. The molecule has 0 radical (unpaired) electrons. The zero-order valence-electron chi connectivity index (χ0n) is 20.4. The minimum Gasteiger partial charge on any atom is -0.475 e. The fourth-order valence-corrected chi connectivity index (χ4v) is 5.37. The summed E-state index contributed by atoms with van der Waals surface area (Å²) in [6.07, 6.45) is 0.518. The first-order chi connectivity index (χ1) is 17.8. The number of nitrogens with one attached hydrogen (secondary N) is 2. The molecule has 5 rings (SSSR count). The summed E-state index contributed by atoms with van der Waals surface area (Å²) in [6, 6.07) is 22.8. The second kappa shape index (κ2) is 10.0. The molecule has 0 aliphatic carbocycles. The normalized spacial score (nSPS) is 16.7. The van der Waals surface area contributed by atoms with Gasteiger partial charge in [0.25, 0.3) is 15.9 Å². The molecule has 1 amide bonds. The number of benzene rings is 3. The molecule has 188 valence electrons. The van der Waals surface area contributed by atoms with Crippen molar-refractivity contribution in [3.63, 3.8) is 0 Å². The number of sulfonamides is 1. The molecule has 1 aliphatic rings. The third kappa shape index (κ3) is 5.46. The molecule has 0 fully saturated rings. The SMILES string of the molecule is Cc1cccc(C)c1-c1cc2nc(n1)NS(=O)(=O)c1cccc(c1)C(=O)N[C@H](Cc1ccccc1)CO2. The number of nitrogens with zero attached hydrogens (tertiary/aromatic N) is 2. The van der Waals surface area contributed by atoms with Crippen LogP contribution in [0.1, 0.15) is 27.0 Å². The van der Waals surface area contributed by atoms with Gasteiger partial charge in [-0.25, -0.2) is 18.1 Å². The Bertz CT molecular complexity index is 1550. The van der Waals surface area contributed by atoms with Crippen molar-refractivity contribution >= 4 is 21.9 Å². The number of rotatable bonds is 3. The van der Waals surface area contributed by atoms with Gasteiger partial charge < -0.3 is 10.1 Å². The molecule has 1 aliphatic heterocycles. The van der Waals surface area contributed by atoms with Crippen LogP contribution in [0.15, 0.2) is 83.8 Å². The zero-order valence-corrected chi connectivity index (χ0v) is 21.2. The Morgan fingerprint density at radius 1 is 0.919 bits per heavy atom. The van der Waals surface area contributed by atoms with E-state index in [2.05, 4.69) is 20.0 Å². The smallest absolute Gasteiger partial charge is 0.264 e. The molecule has 8 nitrogen and oxygen atoms in total. The van der Waals surface area contributed by atoms with Crippen molar-refractivity contribution in [2.75, 3.05) is 11.3 Å². The van der Waals surface area contributed by atoms with Crippen LogP contribution in [0.5, 0.6) is 5.88 Å². The lowest BCUT2D eigenvalue weighted by molar-refractivity contribution is 0.0920. The molecule has 37 heavy (non-hydrogen) atoms. The monoisotopic (exact) mass is 514 g/mol. The van der Waals surface area contributed by atoms with Gasteiger partial charge in [0.15, 0.2) is 0 Å². The van der Waals surface area contributed by atoms with Gasteiger partial charge in [0.1, 0.15) is 6.61 Å². The maximum absolute atomic E-state index is 13.2. The van der Waals surface area contributed by atoms with Crippen molar-refractivity contribution in [3.05, 3.63) is 101 Å². The Morgan fingerprint density at radius 3 is 2.41 bits per heavy atom. The zero-order chi connectivity index (χ0) is 26.0. The summed E-state index contributed by atoms with van der Waals surface area (Å²) in [6.45, 7) is 4.05. The third-order valence-electron chi connectivity index (χ3n) is 6.16. The van der Waals surface area contributed by atoms with Gasteiger partial charge >= 0.3 is 0 Å². The summed E-state index contributed by atoms with van der Waals surface area (Å²) < 4.78 is 34.9. The van der Waals surface area contributed by atoms with E-state index >= 15 is 0 Å². The molecule has 3 aromatic carbocycles. The Kier molecular flexibility index (Phi) is 6.62. The highest BCUT2D eigenvalue weighted by molar-refractivity contribution is 7.92. The molecule has 0 unspecified atom stereocenters. The van der Waals surface area contributed by atoms with Crippen LogP contribution in [0.3, 0.4) is 0 Å². The van der Waals surface area contributed by atoms with Gasteiger partial charge in [-0.1, -0.05) is 54.6 Å². The maximum Gasteiger partial charge on any atom is 0.264 e. The average Bonchev–Trinajstić information content (AvgIpc) is 2.87. The second-order valence-corrected chi connectivity index (χ2v) is 10.7. The van der Waals surface area contributed by atoms with Gasteiger partial charge in [0.2, 0.25) is 11.8 Å².